The van der Waals surface area contributed by atoms with E-state index in [1.54, 1.807) is 30.5 Å². The molecule has 6 heteroatoms. The Labute approximate surface area is 184 Å². The summed E-state index contributed by atoms with van der Waals surface area (Å²) in [4.78, 5) is 30.3. The lowest BCUT2D eigenvalue weighted by atomic mass is 9.95. The van der Waals surface area contributed by atoms with E-state index in [9.17, 15) is 14.7 Å². The zero-order chi connectivity index (χ0) is 21.8. The van der Waals surface area contributed by atoms with Gasteiger partial charge in [0.25, 0.3) is 0 Å². The molecule has 31 heavy (non-hydrogen) atoms. The summed E-state index contributed by atoms with van der Waals surface area (Å²) in [6, 6.07) is 22.8. The largest absolute Gasteiger partial charge is 0.465 e. The minimum atomic E-state index is -1.14. The number of hydrogen-bond donors (Lipinski definition) is 2. The molecule has 0 saturated heterocycles. The summed E-state index contributed by atoms with van der Waals surface area (Å²) >= 11 is 5.95. The van der Waals surface area contributed by atoms with Crippen LogP contribution in [0.1, 0.15) is 27.5 Å². The molecule has 4 rings (SSSR count). The van der Waals surface area contributed by atoms with Crippen LogP contribution in [0.25, 0.3) is 10.9 Å². The number of carboxylic acid groups (broad SMARTS) is 1. The molecular weight excluding hydrogens is 412 g/mol. The van der Waals surface area contributed by atoms with Gasteiger partial charge in [0.15, 0.2) is 5.78 Å². The van der Waals surface area contributed by atoms with Crippen LogP contribution in [0.4, 0.5) is 4.79 Å². The molecule has 1 unspecified atom stereocenters. The molecule has 1 atom stereocenters. The number of para-hydroxylation sites is 1. The van der Waals surface area contributed by atoms with Crippen LogP contribution < -0.4 is 0 Å². The number of H-pyrrole nitrogens is 1. The number of Topliss-reactive ketones (excluding diaryl/α,β-unsaturated/α-hetero) is 1. The third kappa shape index (κ3) is 4.47. The van der Waals surface area contributed by atoms with E-state index in [4.69, 9.17) is 11.6 Å². The lowest BCUT2D eigenvalue weighted by molar-refractivity contribution is 0.0788. The standard InChI is InChI=1S/C25H21ClN2O3/c26-19-12-10-17(11-13-19)14-15-28(25(30)31)23(18-6-2-1-3-7-18)24(29)21-16-27-22-9-5-4-8-20(21)22/h1-13,16,23,27H,14-15H2,(H,30,31). The fourth-order valence-corrected chi connectivity index (χ4v) is 3.89. The highest BCUT2D eigenvalue weighted by Gasteiger charge is 2.33. The summed E-state index contributed by atoms with van der Waals surface area (Å²) in [6.07, 6.45) is 0.979. The quantitative estimate of drug-likeness (QED) is 0.353. The maximum Gasteiger partial charge on any atom is 0.408 e. The zero-order valence-corrected chi connectivity index (χ0v) is 17.4. The molecule has 0 bridgehead atoms. The Morgan fingerprint density at radius 1 is 0.935 bits per heavy atom. The summed E-state index contributed by atoms with van der Waals surface area (Å²) < 4.78 is 0. The normalized spacial score (nSPS) is 11.9. The molecule has 0 radical (unpaired) electrons. The zero-order valence-electron chi connectivity index (χ0n) is 16.7. The smallest absolute Gasteiger partial charge is 0.408 e. The summed E-state index contributed by atoms with van der Waals surface area (Å²) in [5.41, 5.74) is 2.89. The summed E-state index contributed by atoms with van der Waals surface area (Å²) in [6.45, 7) is 0.171. The molecule has 1 heterocycles. The van der Waals surface area contributed by atoms with Crippen LogP contribution >= 0.6 is 11.6 Å². The fourth-order valence-electron chi connectivity index (χ4n) is 3.77. The first-order chi connectivity index (χ1) is 15.0. The number of carbonyl (C=O) groups excluding carboxylic acids is 1. The number of benzene rings is 3. The second-order valence-electron chi connectivity index (χ2n) is 7.28. The number of aromatic nitrogens is 1. The van der Waals surface area contributed by atoms with Gasteiger partial charge in [0.05, 0.1) is 0 Å². The van der Waals surface area contributed by atoms with E-state index in [1.165, 1.54) is 4.90 Å². The second kappa shape index (κ2) is 9.06. The molecule has 5 nitrogen and oxygen atoms in total. The highest BCUT2D eigenvalue weighted by Crippen LogP contribution is 2.29. The predicted molar refractivity (Wildman–Crippen MR) is 122 cm³/mol. The molecule has 0 saturated carbocycles. The average Bonchev–Trinajstić information content (AvgIpc) is 3.22. The summed E-state index contributed by atoms with van der Waals surface area (Å²) in [5, 5.41) is 11.4. The Bertz CT molecular complexity index is 1200. The van der Waals surface area contributed by atoms with Crippen LogP contribution in [0.5, 0.6) is 0 Å². The lowest BCUT2D eigenvalue weighted by Crippen LogP contribution is -2.39. The second-order valence-corrected chi connectivity index (χ2v) is 7.71. The van der Waals surface area contributed by atoms with Crippen molar-refractivity contribution < 1.29 is 14.7 Å². The molecule has 0 fully saturated rings. The van der Waals surface area contributed by atoms with Gasteiger partial charge in [0, 0.05) is 34.2 Å². The first-order valence-corrected chi connectivity index (χ1v) is 10.3. The van der Waals surface area contributed by atoms with E-state index in [2.05, 4.69) is 4.98 Å². The number of aromatic amines is 1. The molecule has 1 aromatic heterocycles. The minimum Gasteiger partial charge on any atom is -0.465 e. The first-order valence-electron chi connectivity index (χ1n) is 9.94. The Hall–Kier alpha value is -3.57. The molecule has 0 aliphatic carbocycles. The summed E-state index contributed by atoms with van der Waals surface area (Å²) in [7, 11) is 0. The third-order valence-corrected chi connectivity index (χ3v) is 5.58. The van der Waals surface area contributed by atoms with Gasteiger partial charge in [-0.2, -0.15) is 0 Å². The van der Waals surface area contributed by atoms with Gasteiger partial charge in [-0.3, -0.25) is 9.69 Å². The molecule has 0 spiro atoms. The van der Waals surface area contributed by atoms with Crippen molar-refractivity contribution in [2.24, 2.45) is 0 Å². The molecule has 0 aliphatic heterocycles. The number of amides is 1. The number of hydrogen-bond acceptors (Lipinski definition) is 2. The first kappa shape index (κ1) is 20.7. The number of nitrogens with zero attached hydrogens (tertiary/aromatic N) is 1. The van der Waals surface area contributed by atoms with Crippen molar-refractivity contribution >= 4 is 34.4 Å². The Kier molecular flexibility index (Phi) is 6.05. The van der Waals surface area contributed by atoms with Crippen molar-refractivity contribution in [3.05, 3.63) is 107 Å². The van der Waals surface area contributed by atoms with Crippen LogP contribution in [0.2, 0.25) is 5.02 Å². The monoisotopic (exact) mass is 432 g/mol. The number of carbonyl (C=O) groups is 2. The van der Waals surface area contributed by atoms with E-state index >= 15 is 0 Å². The van der Waals surface area contributed by atoms with E-state index in [1.807, 2.05) is 54.6 Å². The molecule has 2 N–H and O–H groups in total. The molecular formula is C25H21ClN2O3. The lowest BCUT2D eigenvalue weighted by Gasteiger charge is -2.29. The molecule has 156 valence electrons. The predicted octanol–water partition coefficient (Wildman–Crippen LogP) is 5.97. The van der Waals surface area contributed by atoms with Gasteiger partial charge in [-0.1, -0.05) is 72.3 Å². The number of halogens is 1. The van der Waals surface area contributed by atoms with E-state index in [-0.39, 0.29) is 12.3 Å². The SMILES string of the molecule is O=C(c1c[nH]c2ccccc12)C(c1ccccc1)N(CCc1ccc(Cl)cc1)C(=O)O. The van der Waals surface area contributed by atoms with Gasteiger partial charge < -0.3 is 10.1 Å². The van der Waals surface area contributed by atoms with Gasteiger partial charge in [0.1, 0.15) is 6.04 Å². The van der Waals surface area contributed by atoms with Gasteiger partial charge in [0.2, 0.25) is 0 Å². The average molecular weight is 433 g/mol. The molecule has 0 aliphatic rings. The number of fused-ring (bicyclic) bond motifs is 1. The number of rotatable bonds is 7. The molecule has 4 aromatic rings. The van der Waals surface area contributed by atoms with Crippen molar-refractivity contribution in [2.45, 2.75) is 12.5 Å². The van der Waals surface area contributed by atoms with E-state index in [0.717, 1.165) is 16.5 Å². The Morgan fingerprint density at radius 2 is 1.61 bits per heavy atom. The minimum absolute atomic E-state index is 0.171. The van der Waals surface area contributed by atoms with Gasteiger partial charge in [-0.15, -0.1) is 0 Å². The highest BCUT2D eigenvalue weighted by molar-refractivity contribution is 6.30. The van der Waals surface area contributed by atoms with Crippen molar-refractivity contribution in [3.8, 4) is 0 Å². The Balaban J connectivity index is 1.71. The maximum absolute atomic E-state index is 13.7. The van der Waals surface area contributed by atoms with E-state index < -0.39 is 12.1 Å². The van der Waals surface area contributed by atoms with Crippen LogP contribution in [0, 0.1) is 0 Å². The third-order valence-electron chi connectivity index (χ3n) is 5.33. The van der Waals surface area contributed by atoms with Crippen LogP contribution in [0.15, 0.2) is 85.1 Å². The summed E-state index contributed by atoms with van der Waals surface area (Å²) in [5.74, 6) is -0.262. The van der Waals surface area contributed by atoms with Crippen LogP contribution in [-0.2, 0) is 6.42 Å². The highest BCUT2D eigenvalue weighted by atomic mass is 35.5. The van der Waals surface area contributed by atoms with Gasteiger partial charge in [-0.25, -0.2) is 4.79 Å². The van der Waals surface area contributed by atoms with E-state index in [0.29, 0.717) is 22.6 Å². The van der Waals surface area contributed by atoms with Gasteiger partial charge in [-0.05, 0) is 35.7 Å². The van der Waals surface area contributed by atoms with Crippen molar-refractivity contribution in [1.29, 1.82) is 0 Å². The van der Waals surface area contributed by atoms with Crippen molar-refractivity contribution in [2.75, 3.05) is 6.54 Å². The topological polar surface area (TPSA) is 73.4 Å². The molecule has 3 aromatic carbocycles. The van der Waals surface area contributed by atoms with Gasteiger partial charge >= 0.3 is 6.09 Å². The molecule has 1 amide bonds. The van der Waals surface area contributed by atoms with Crippen molar-refractivity contribution in [3.63, 3.8) is 0 Å². The number of ketones is 1. The maximum atomic E-state index is 13.7. The van der Waals surface area contributed by atoms with Crippen LogP contribution in [0.3, 0.4) is 0 Å². The van der Waals surface area contributed by atoms with Crippen LogP contribution in [-0.4, -0.2) is 33.4 Å². The fraction of sp³-hybridized carbons (Fsp3) is 0.120. The Morgan fingerprint density at radius 3 is 2.32 bits per heavy atom. The van der Waals surface area contributed by atoms with Crippen molar-refractivity contribution in [1.82, 2.24) is 9.88 Å². The number of nitrogens with one attached hydrogen (secondary N) is 1.